The van der Waals surface area contributed by atoms with Gasteiger partial charge in [-0.05, 0) is 118 Å². The molecule has 4 heterocycles. The predicted molar refractivity (Wildman–Crippen MR) is 191 cm³/mol. The molecule has 0 saturated carbocycles. The van der Waals surface area contributed by atoms with Crippen LogP contribution in [0.15, 0.2) is 36.7 Å². The van der Waals surface area contributed by atoms with Crippen LogP contribution in [-0.2, 0) is 25.7 Å². The lowest BCUT2D eigenvalue weighted by Crippen LogP contribution is -2.32. The van der Waals surface area contributed by atoms with Crippen LogP contribution < -0.4 is 5.73 Å². The van der Waals surface area contributed by atoms with Crippen LogP contribution in [0.4, 0.5) is 0 Å². The van der Waals surface area contributed by atoms with E-state index in [0.717, 1.165) is 61.2 Å². The van der Waals surface area contributed by atoms with E-state index in [1.807, 2.05) is 24.3 Å². The summed E-state index contributed by atoms with van der Waals surface area (Å²) in [5.74, 6) is 0.876. The molecular formula is C33H41I2N7O3. The maximum Gasteiger partial charge on any atom is 0.356 e. The lowest BCUT2D eigenvalue weighted by molar-refractivity contribution is 0.0687. The molecule has 4 aromatic rings. The van der Waals surface area contributed by atoms with E-state index in [9.17, 15) is 14.7 Å². The van der Waals surface area contributed by atoms with Crippen LogP contribution in [0.5, 0.6) is 0 Å². The Hall–Kier alpha value is -2.88. The molecule has 1 amide bonds. The zero-order valence-corrected chi connectivity index (χ0v) is 30.0. The van der Waals surface area contributed by atoms with E-state index in [4.69, 9.17) is 5.73 Å². The standard InChI is InChI=1S/C16H19IN4O.C16H18IN3O2.CH4/c1-9-6-11-12(8-16(9,2)3)21(20-14(11)15(18)22)13-7-10(17)4-5-19-13;1-9-6-11-12(8-16(9,2)3)20(19-14(11)15(21)22)13-7-10(17)4-5-18-13;/h4-5,7,9H,6,8H2,1-3H3,(H2,18,22);4-5,7,9H,6,8H2,1-3H3,(H,21,22);1H4. The number of rotatable bonds is 4. The fourth-order valence-electron chi connectivity index (χ4n) is 5.91. The average Bonchev–Trinajstić information content (AvgIpc) is 3.47. The largest absolute Gasteiger partial charge is 0.476 e. The smallest absolute Gasteiger partial charge is 0.356 e. The van der Waals surface area contributed by atoms with Crippen molar-refractivity contribution < 1.29 is 14.7 Å². The monoisotopic (exact) mass is 837 g/mol. The molecule has 45 heavy (non-hydrogen) atoms. The summed E-state index contributed by atoms with van der Waals surface area (Å²) >= 11 is 4.47. The quantitative estimate of drug-likeness (QED) is 0.218. The first-order chi connectivity index (χ1) is 20.6. The van der Waals surface area contributed by atoms with Gasteiger partial charge in [0.05, 0.1) is 11.4 Å². The number of hydrogen-bond acceptors (Lipinski definition) is 6. The maximum absolute atomic E-state index is 11.8. The van der Waals surface area contributed by atoms with Gasteiger partial charge in [-0.3, -0.25) is 4.79 Å². The number of primary amides is 1. The minimum Gasteiger partial charge on any atom is -0.476 e. The molecule has 0 aliphatic heterocycles. The second-order valence-corrected chi connectivity index (χ2v) is 15.7. The summed E-state index contributed by atoms with van der Waals surface area (Å²) < 4.78 is 5.64. The second-order valence-electron chi connectivity index (χ2n) is 13.2. The number of fused-ring (bicyclic) bond motifs is 2. The highest BCUT2D eigenvalue weighted by Crippen LogP contribution is 2.42. The first-order valence-corrected chi connectivity index (χ1v) is 16.7. The number of halogens is 2. The summed E-state index contributed by atoms with van der Waals surface area (Å²) in [6, 6.07) is 7.72. The third-order valence-electron chi connectivity index (χ3n) is 9.40. The van der Waals surface area contributed by atoms with Crippen molar-refractivity contribution in [2.45, 2.75) is 74.7 Å². The fourth-order valence-corrected chi connectivity index (χ4v) is 6.79. The van der Waals surface area contributed by atoms with E-state index < -0.39 is 11.9 Å². The van der Waals surface area contributed by atoms with Crippen LogP contribution >= 0.6 is 45.2 Å². The van der Waals surface area contributed by atoms with Gasteiger partial charge in [0.1, 0.15) is 0 Å². The fraction of sp³-hybridized carbons (Fsp3) is 0.455. The van der Waals surface area contributed by atoms with Crippen molar-refractivity contribution in [2.24, 2.45) is 28.4 Å². The van der Waals surface area contributed by atoms with Crippen molar-refractivity contribution in [1.82, 2.24) is 29.5 Å². The Balaban J connectivity index is 0.000000200. The van der Waals surface area contributed by atoms with Crippen LogP contribution in [0.3, 0.4) is 0 Å². The van der Waals surface area contributed by atoms with Gasteiger partial charge in [0, 0.05) is 30.7 Å². The zero-order chi connectivity index (χ0) is 32.1. The van der Waals surface area contributed by atoms with Crippen molar-refractivity contribution in [3.05, 3.63) is 77.7 Å². The number of carboxylic acids is 1. The van der Waals surface area contributed by atoms with E-state index in [2.05, 4.69) is 107 Å². The summed E-state index contributed by atoms with van der Waals surface area (Å²) in [6.45, 7) is 13.3. The highest BCUT2D eigenvalue weighted by atomic mass is 127. The second kappa shape index (κ2) is 13.1. The van der Waals surface area contributed by atoms with Gasteiger partial charge in [0.2, 0.25) is 0 Å². The number of nitrogens with zero attached hydrogens (tertiary/aromatic N) is 6. The number of amides is 1. The van der Waals surface area contributed by atoms with Crippen molar-refractivity contribution >= 4 is 57.1 Å². The number of carboxylic acid groups (broad SMARTS) is 1. The Bertz CT molecular complexity index is 1630. The maximum atomic E-state index is 11.8. The molecule has 0 saturated heterocycles. The molecule has 0 bridgehead atoms. The summed E-state index contributed by atoms with van der Waals surface area (Å²) in [4.78, 5) is 32.1. The Kier molecular flexibility index (Phi) is 10.2. The molecule has 2 aliphatic carbocycles. The minimum atomic E-state index is -0.965. The number of aromatic carboxylic acids is 1. The van der Waals surface area contributed by atoms with E-state index >= 15 is 0 Å². The van der Waals surface area contributed by atoms with Crippen LogP contribution in [0.2, 0.25) is 0 Å². The summed E-state index contributed by atoms with van der Waals surface area (Å²) in [5.41, 5.74) is 10.2. The van der Waals surface area contributed by atoms with E-state index in [0.29, 0.717) is 23.3 Å². The molecule has 0 fully saturated rings. The number of hydrogen-bond donors (Lipinski definition) is 2. The summed E-state index contributed by atoms with van der Waals surface area (Å²) in [6.07, 6.45) is 6.71. The van der Waals surface area contributed by atoms with Gasteiger partial charge in [-0.25, -0.2) is 24.1 Å². The zero-order valence-electron chi connectivity index (χ0n) is 25.7. The number of pyridine rings is 2. The average molecular weight is 838 g/mol. The van der Waals surface area contributed by atoms with Gasteiger partial charge < -0.3 is 10.8 Å². The van der Waals surface area contributed by atoms with Crippen LogP contribution in [0.25, 0.3) is 11.6 Å². The van der Waals surface area contributed by atoms with Crippen molar-refractivity contribution in [3.8, 4) is 11.6 Å². The molecule has 4 aromatic heterocycles. The van der Waals surface area contributed by atoms with Crippen LogP contribution in [0.1, 0.15) is 92.5 Å². The molecular weight excluding hydrogens is 796 g/mol. The molecule has 2 unspecified atom stereocenters. The number of nitrogens with two attached hydrogens (primary N) is 1. The topological polar surface area (TPSA) is 142 Å². The third kappa shape index (κ3) is 6.96. The molecule has 2 aliphatic rings. The van der Waals surface area contributed by atoms with Crippen LogP contribution in [-0.4, -0.2) is 46.5 Å². The first kappa shape index (κ1) is 35.0. The molecule has 3 N–H and O–H groups in total. The SMILES string of the molecule is C.CC1Cc2c(C(=O)O)nn(-c3cc(I)ccn3)c2CC1(C)C.CC1Cc2c(C(N)=O)nn(-c3cc(I)ccn3)c2CC1(C)C. The number of carbonyl (C=O) groups excluding carboxylic acids is 1. The predicted octanol–water partition coefficient (Wildman–Crippen LogP) is 6.70. The van der Waals surface area contributed by atoms with Gasteiger partial charge in [-0.15, -0.1) is 0 Å². The Morgan fingerprint density at radius 2 is 1.22 bits per heavy atom. The lowest BCUT2D eigenvalue weighted by atomic mass is 9.69. The molecule has 10 nitrogen and oxygen atoms in total. The van der Waals surface area contributed by atoms with Crippen molar-refractivity contribution in [3.63, 3.8) is 0 Å². The first-order valence-electron chi connectivity index (χ1n) is 14.6. The van der Waals surface area contributed by atoms with Gasteiger partial charge in [-0.2, -0.15) is 10.2 Å². The molecule has 6 rings (SSSR count). The van der Waals surface area contributed by atoms with Gasteiger partial charge >= 0.3 is 5.97 Å². The number of carbonyl (C=O) groups is 2. The normalized spacial score (nSPS) is 19.3. The lowest BCUT2D eigenvalue weighted by Gasteiger charge is -2.36. The summed E-state index contributed by atoms with van der Waals surface area (Å²) in [5, 5.41) is 18.3. The van der Waals surface area contributed by atoms with Crippen molar-refractivity contribution in [2.75, 3.05) is 0 Å². The van der Waals surface area contributed by atoms with E-state index in [1.54, 1.807) is 21.8 Å². The molecule has 0 aromatic carbocycles. The van der Waals surface area contributed by atoms with E-state index in [1.165, 1.54) is 0 Å². The molecule has 0 spiro atoms. The summed E-state index contributed by atoms with van der Waals surface area (Å²) in [7, 11) is 0. The van der Waals surface area contributed by atoms with Gasteiger partial charge in [0.25, 0.3) is 5.91 Å². The van der Waals surface area contributed by atoms with Crippen LogP contribution in [0, 0.1) is 29.8 Å². The highest BCUT2D eigenvalue weighted by Gasteiger charge is 2.39. The Labute approximate surface area is 291 Å². The minimum absolute atomic E-state index is 0. The molecule has 0 radical (unpaired) electrons. The van der Waals surface area contributed by atoms with Crippen molar-refractivity contribution in [1.29, 1.82) is 0 Å². The highest BCUT2D eigenvalue weighted by molar-refractivity contribution is 14.1. The Morgan fingerprint density at radius 3 is 1.60 bits per heavy atom. The van der Waals surface area contributed by atoms with Gasteiger partial charge in [-0.1, -0.05) is 49.0 Å². The Morgan fingerprint density at radius 1 is 0.822 bits per heavy atom. The number of aromatic nitrogens is 6. The van der Waals surface area contributed by atoms with Gasteiger partial charge in [0.15, 0.2) is 23.0 Å². The molecule has 240 valence electrons. The molecule has 12 heteroatoms. The van der Waals surface area contributed by atoms with E-state index in [-0.39, 0.29) is 24.0 Å². The molecule has 2 atom stereocenters. The third-order valence-corrected chi connectivity index (χ3v) is 10.7.